The molecule has 4 atom stereocenters. The Balaban J connectivity index is 1.77. The fourth-order valence-electron chi connectivity index (χ4n) is 3.02. The van der Waals surface area contributed by atoms with E-state index in [-0.39, 0.29) is 5.92 Å². The summed E-state index contributed by atoms with van der Waals surface area (Å²) in [7, 11) is 2.95. The van der Waals surface area contributed by atoms with Gasteiger partial charge in [0.2, 0.25) is 5.16 Å². The topological polar surface area (TPSA) is 140 Å². The number of tetrazole rings is 1. The number of ether oxygens (including phenoxy) is 1. The summed E-state index contributed by atoms with van der Waals surface area (Å²) >= 11 is 8.00. The van der Waals surface area contributed by atoms with Crippen LogP contribution in [0.5, 0.6) is 0 Å². The monoisotopic (exact) mass is 422 g/mol. The van der Waals surface area contributed by atoms with E-state index in [0.717, 1.165) is 0 Å². The number of amides is 2. The van der Waals surface area contributed by atoms with Crippen molar-refractivity contribution in [1.82, 2.24) is 30.4 Å². The number of halogens is 1. The lowest BCUT2D eigenvalue weighted by Gasteiger charge is -2.59. The van der Waals surface area contributed by atoms with E-state index in [4.69, 9.17) is 16.3 Å². The standard InChI is InChI=1S/C12H15ClN6O5S2/c1-18-11(15-16-17-18)26-4-5-3-25-9-12(24-2,14-10(13)23)8(22)19(9)6(5)7(20)21/h5-6,9H,3-4H2,1-2H3,(H,14,23)(H,20,21). The van der Waals surface area contributed by atoms with Crippen molar-refractivity contribution in [3.8, 4) is 0 Å². The number of carbonyl (C=O) groups excluding carboxylic acids is 2. The summed E-state index contributed by atoms with van der Waals surface area (Å²) in [6.07, 6.45) is 0. The summed E-state index contributed by atoms with van der Waals surface area (Å²) in [5.41, 5.74) is -1.64. The number of nitrogens with one attached hydrogen (secondary N) is 1. The average molecular weight is 423 g/mol. The van der Waals surface area contributed by atoms with Crippen LogP contribution in [0.2, 0.25) is 0 Å². The summed E-state index contributed by atoms with van der Waals surface area (Å²) < 4.78 is 6.69. The predicted octanol–water partition coefficient (Wildman–Crippen LogP) is -0.422. The predicted molar refractivity (Wildman–Crippen MR) is 91.7 cm³/mol. The Morgan fingerprint density at radius 3 is 2.85 bits per heavy atom. The lowest BCUT2D eigenvalue weighted by molar-refractivity contribution is -0.202. The molecule has 142 valence electrons. The number of fused-ring (bicyclic) bond motifs is 1. The first-order chi connectivity index (χ1) is 12.3. The molecule has 0 aromatic carbocycles. The highest BCUT2D eigenvalue weighted by Gasteiger charge is 2.68. The number of aliphatic carboxylic acids is 1. The summed E-state index contributed by atoms with van der Waals surface area (Å²) in [4.78, 5) is 36.9. The van der Waals surface area contributed by atoms with E-state index >= 15 is 0 Å². The largest absolute Gasteiger partial charge is 0.480 e. The molecule has 2 aliphatic heterocycles. The van der Waals surface area contributed by atoms with Gasteiger partial charge in [-0.15, -0.1) is 16.9 Å². The molecule has 0 bridgehead atoms. The molecule has 0 spiro atoms. The van der Waals surface area contributed by atoms with Crippen LogP contribution in [-0.2, 0) is 21.4 Å². The van der Waals surface area contributed by atoms with Crippen molar-refractivity contribution in [3.63, 3.8) is 0 Å². The maximum atomic E-state index is 12.6. The summed E-state index contributed by atoms with van der Waals surface area (Å²) in [5.74, 6) is -1.22. The quantitative estimate of drug-likeness (QED) is 0.204. The fraction of sp³-hybridized carbons (Fsp3) is 0.667. The van der Waals surface area contributed by atoms with Crippen LogP contribution in [0, 0.1) is 5.92 Å². The normalized spacial score (nSPS) is 30.5. The molecule has 14 heteroatoms. The molecule has 1 aromatic rings. The number of aryl methyl sites for hydroxylation is 1. The Kier molecular flexibility index (Phi) is 5.33. The minimum Gasteiger partial charge on any atom is -0.480 e. The number of carbonyl (C=O) groups is 3. The first-order valence-electron chi connectivity index (χ1n) is 7.37. The van der Waals surface area contributed by atoms with E-state index in [1.807, 2.05) is 0 Å². The van der Waals surface area contributed by atoms with Gasteiger partial charge in [0.25, 0.3) is 11.6 Å². The van der Waals surface area contributed by atoms with Crippen LogP contribution in [0.3, 0.4) is 0 Å². The molecule has 2 fully saturated rings. The smallest absolute Gasteiger partial charge is 0.326 e. The van der Waals surface area contributed by atoms with Crippen molar-refractivity contribution in [1.29, 1.82) is 0 Å². The zero-order chi connectivity index (χ0) is 19.1. The van der Waals surface area contributed by atoms with Gasteiger partial charge < -0.3 is 20.1 Å². The fourth-order valence-corrected chi connectivity index (χ4v) is 5.90. The van der Waals surface area contributed by atoms with E-state index in [1.165, 1.54) is 40.2 Å². The van der Waals surface area contributed by atoms with Crippen molar-refractivity contribution in [2.45, 2.75) is 22.3 Å². The molecule has 2 N–H and O–H groups in total. The van der Waals surface area contributed by atoms with Crippen LogP contribution in [0.25, 0.3) is 0 Å². The van der Waals surface area contributed by atoms with Crippen molar-refractivity contribution < 1.29 is 24.2 Å². The zero-order valence-corrected chi connectivity index (χ0v) is 16.0. The molecular weight excluding hydrogens is 408 g/mol. The number of thioether (sulfide) groups is 2. The van der Waals surface area contributed by atoms with E-state index in [2.05, 4.69) is 20.8 Å². The third-order valence-electron chi connectivity index (χ3n) is 4.23. The summed E-state index contributed by atoms with van der Waals surface area (Å²) in [6, 6.07) is -1.04. The van der Waals surface area contributed by atoms with Gasteiger partial charge in [-0.1, -0.05) is 11.8 Å². The number of methoxy groups -OCH3 is 1. The molecule has 4 unspecified atom stereocenters. The third-order valence-corrected chi connectivity index (χ3v) is 7.02. The molecule has 1 aromatic heterocycles. The van der Waals surface area contributed by atoms with Crippen molar-refractivity contribution in [2.75, 3.05) is 18.6 Å². The maximum Gasteiger partial charge on any atom is 0.326 e. The number of rotatable bonds is 6. The lowest BCUT2D eigenvalue weighted by atomic mass is 9.92. The Morgan fingerprint density at radius 1 is 1.58 bits per heavy atom. The molecule has 0 aliphatic carbocycles. The highest BCUT2D eigenvalue weighted by atomic mass is 35.5. The van der Waals surface area contributed by atoms with Gasteiger partial charge in [0, 0.05) is 31.6 Å². The van der Waals surface area contributed by atoms with Gasteiger partial charge in [0.15, 0.2) is 0 Å². The highest BCUT2D eigenvalue weighted by molar-refractivity contribution is 8.00. The number of nitrogens with zero attached hydrogens (tertiary/aromatic N) is 5. The van der Waals surface area contributed by atoms with Crippen molar-refractivity contribution in [2.24, 2.45) is 13.0 Å². The van der Waals surface area contributed by atoms with Crippen LogP contribution < -0.4 is 5.32 Å². The van der Waals surface area contributed by atoms with E-state index in [1.54, 1.807) is 7.05 Å². The number of carboxylic acids is 1. The number of β-lactam (4-membered cyclic amide) rings is 1. The van der Waals surface area contributed by atoms with Crippen molar-refractivity contribution in [3.05, 3.63) is 0 Å². The van der Waals surface area contributed by atoms with Crippen LogP contribution in [0.15, 0.2) is 5.16 Å². The van der Waals surface area contributed by atoms with Gasteiger partial charge in [0.1, 0.15) is 11.4 Å². The molecule has 2 saturated heterocycles. The molecule has 11 nitrogen and oxygen atoms in total. The number of aromatic nitrogens is 4. The zero-order valence-electron chi connectivity index (χ0n) is 13.7. The Hall–Kier alpha value is -1.57. The van der Waals surface area contributed by atoms with Crippen molar-refractivity contribution >= 4 is 52.4 Å². The lowest BCUT2D eigenvalue weighted by Crippen LogP contribution is -2.84. The molecule has 3 rings (SSSR count). The molecule has 0 radical (unpaired) electrons. The second-order valence-electron chi connectivity index (χ2n) is 5.68. The van der Waals surface area contributed by atoms with Gasteiger partial charge in [-0.25, -0.2) is 9.48 Å². The minimum atomic E-state index is -1.64. The molecule has 2 amide bonds. The first-order valence-corrected chi connectivity index (χ1v) is 9.78. The van der Waals surface area contributed by atoms with Gasteiger partial charge >= 0.3 is 11.3 Å². The Labute approximate surface area is 161 Å². The Morgan fingerprint density at radius 2 is 2.31 bits per heavy atom. The number of hydrogen-bond acceptors (Lipinski definition) is 9. The summed E-state index contributed by atoms with van der Waals surface area (Å²) in [6.45, 7) is 0. The Bertz CT molecular complexity index is 749. The second kappa shape index (κ2) is 7.21. The molecule has 3 heterocycles. The average Bonchev–Trinajstić information content (AvgIpc) is 3.01. The van der Waals surface area contributed by atoms with E-state index in [9.17, 15) is 19.5 Å². The van der Waals surface area contributed by atoms with E-state index in [0.29, 0.717) is 16.7 Å². The summed E-state index contributed by atoms with van der Waals surface area (Å²) in [5, 5.41) is 22.0. The van der Waals surface area contributed by atoms with Gasteiger partial charge in [-0.05, 0) is 22.0 Å². The van der Waals surface area contributed by atoms with Gasteiger partial charge in [-0.3, -0.25) is 9.59 Å². The van der Waals surface area contributed by atoms with Gasteiger partial charge in [-0.2, -0.15) is 0 Å². The second-order valence-corrected chi connectivity index (χ2v) is 8.12. The molecular formula is C12H15ClN6O5S2. The molecule has 0 saturated carbocycles. The maximum absolute atomic E-state index is 12.6. The number of hydrogen-bond donors (Lipinski definition) is 2. The van der Waals surface area contributed by atoms with Gasteiger partial charge in [0.05, 0.1) is 0 Å². The van der Waals surface area contributed by atoms with Crippen LogP contribution in [0.1, 0.15) is 0 Å². The first kappa shape index (κ1) is 19.2. The highest BCUT2D eigenvalue weighted by Crippen LogP contribution is 2.47. The SMILES string of the molecule is COC1(NC(=O)Cl)C(=O)N2C(C(=O)O)C(CSc3nnnn3C)CSC21. The molecule has 2 aliphatic rings. The van der Waals surface area contributed by atoms with Crippen LogP contribution in [-0.4, -0.2) is 83.2 Å². The minimum absolute atomic E-state index is 0.332. The third kappa shape index (κ3) is 3.02. The molecule has 26 heavy (non-hydrogen) atoms. The number of carboxylic acid groups (broad SMARTS) is 1. The van der Waals surface area contributed by atoms with Crippen LogP contribution >= 0.6 is 35.1 Å². The van der Waals surface area contributed by atoms with Crippen LogP contribution in [0.4, 0.5) is 4.79 Å². The van der Waals surface area contributed by atoms with E-state index < -0.39 is 34.4 Å².